The Morgan fingerprint density at radius 2 is 2.33 bits per heavy atom. The van der Waals surface area contributed by atoms with E-state index in [1.807, 2.05) is 0 Å². The minimum absolute atomic E-state index is 0.465. The van der Waals surface area contributed by atoms with Crippen molar-refractivity contribution < 1.29 is 9.90 Å². The lowest BCUT2D eigenvalue weighted by atomic mass is 9.82. The number of carbonyl (C=O) groups is 1. The molecule has 0 aliphatic heterocycles. The molecule has 1 saturated carbocycles. The van der Waals surface area contributed by atoms with Crippen molar-refractivity contribution in [2.45, 2.75) is 57.1 Å². The smallest absolute Gasteiger partial charge is 0.319 e. The highest BCUT2D eigenvalue weighted by molar-refractivity contribution is 8.01. The van der Waals surface area contributed by atoms with Gasteiger partial charge in [0, 0.05) is 0 Å². The van der Waals surface area contributed by atoms with E-state index in [0.29, 0.717) is 5.92 Å². The Morgan fingerprint density at radius 1 is 1.60 bits per heavy atom. The van der Waals surface area contributed by atoms with E-state index in [4.69, 9.17) is 0 Å². The van der Waals surface area contributed by atoms with Gasteiger partial charge in [-0.1, -0.05) is 33.1 Å². The van der Waals surface area contributed by atoms with Crippen LogP contribution in [0.25, 0.3) is 0 Å². The zero-order chi connectivity index (χ0) is 11.3. The number of carboxylic acids is 1. The molecular weight excluding hydrogens is 208 g/mol. The third-order valence-corrected chi connectivity index (χ3v) is 4.81. The zero-order valence-corrected chi connectivity index (χ0v) is 10.6. The number of rotatable bonds is 5. The highest BCUT2D eigenvalue weighted by Gasteiger charge is 2.41. The Kier molecular flexibility index (Phi) is 4.97. The highest BCUT2D eigenvalue weighted by atomic mass is 32.2. The van der Waals surface area contributed by atoms with Gasteiger partial charge in [-0.3, -0.25) is 4.79 Å². The maximum absolute atomic E-state index is 11.4. The molecule has 2 unspecified atom stereocenters. The Bertz CT molecular complexity index is 218. The standard InChI is InChI=1S/C12H22O2S/c1-3-4-8-15-12(11(13)14)7-5-6-10(2)9-12/h10H,3-9H2,1-2H3,(H,13,14). The molecule has 0 aromatic rings. The fourth-order valence-corrected chi connectivity index (χ4v) is 3.94. The van der Waals surface area contributed by atoms with E-state index in [1.54, 1.807) is 11.8 Å². The fraction of sp³-hybridized carbons (Fsp3) is 0.917. The summed E-state index contributed by atoms with van der Waals surface area (Å²) in [5.74, 6) is 0.981. The molecule has 0 heterocycles. The Hall–Kier alpha value is -0.180. The van der Waals surface area contributed by atoms with Crippen molar-refractivity contribution in [3.63, 3.8) is 0 Å². The van der Waals surface area contributed by atoms with E-state index in [2.05, 4.69) is 13.8 Å². The summed E-state index contributed by atoms with van der Waals surface area (Å²) >= 11 is 1.68. The van der Waals surface area contributed by atoms with Crippen LogP contribution in [0.1, 0.15) is 52.4 Å². The molecule has 1 rings (SSSR count). The average Bonchev–Trinajstić information content (AvgIpc) is 2.18. The van der Waals surface area contributed by atoms with Gasteiger partial charge in [0.25, 0.3) is 0 Å². The molecule has 1 aliphatic rings. The Morgan fingerprint density at radius 3 is 2.87 bits per heavy atom. The molecule has 88 valence electrons. The van der Waals surface area contributed by atoms with Gasteiger partial charge in [0.05, 0.1) is 0 Å². The third kappa shape index (κ3) is 3.40. The SMILES string of the molecule is CCCCSC1(C(=O)O)CCCC(C)C1. The second-order valence-corrected chi connectivity index (χ2v) is 6.18. The molecule has 0 bridgehead atoms. The third-order valence-electron chi connectivity index (χ3n) is 3.22. The molecule has 2 atom stereocenters. The largest absolute Gasteiger partial charge is 0.480 e. The molecule has 0 saturated heterocycles. The van der Waals surface area contributed by atoms with E-state index in [-0.39, 0.29) is 0 Å². The molecule has 0 aromatic heterocycles. The quantitative estimate of drug-likeness (QED) is 0.734. The Labute approximate surface area is 96.8 Å². The summed E-state index contributed by atoms with van der Waals surface area (Å²) in [6.07, 6.45) is 6.28. The lowest BCUT2D eigenvalue weighted by Gasteiger charge is -2.35. The van der Waals surface area contributed by atoms with Crippen LogP contribution in [0, 0.1) is 5.92 Å². The van der Waals surface area contributed by atoms with Crippen LogP contribution in [-0.2, 0) is 4.79 Å². The zero-order valence-electron chi connectivity index (χ0n) is 9.79. The van der Waals surface area contributed by atoms with Gasteiger partial charge in [0.15, 0.2) is 0 Å². The minimum Gasteiger partial charge on any atom is -0.480 e. The molecule has 0 radical (unpaired) electrons. The van der Waals surface area contributed by atoms with Gasteiger partial charge in [0.1, 0.15) is 4.75 Å². The van der Waals surface area contributed by atoms with Gasteiger partial charge in [0.2, 0.25) is 0 Å². The van der Waals surface area contributed by atoms with Crippen LogP contribution < -0.4 is 0 Å². The van der Waals surface area contributed by atoms with Crippen molar-refractivity contribution in [1.82, 2.24) is 0 Å². The van der Waals surface area contributed by atoms with Crippen molar-refractivity contribution in [2.75, 3.05) is 5.75 Å². The van der Waals surface area contributed by atoms with Gasteiger partial charge in [-0.05, 0) is 30.9 Å². The lowest BCUT2D eigenvalue weighted by molar-refractivity contribution is -0.141. The first-order valence-electron chi connectivity index (χ1n) is 5.98. The number of carboxylic acid groups (broad SMARTS) is 1. The first-order chi connectivity index (χ1) is 7.10. The van der Waals surface area contributed by atoms with E-state index in [1.165, 1.54) is 6.42 Å². The summed E-state index contributed by atoms with van der Waals surface area (Å²) in [4.78, 5) is 11.4. The van der Waals surface area contributed by atoms with Gasteiger partial charge in [-0.2, -0.15) is 0 Å². The maximum Gasteiger partial charge on any atom is 0.319 e. The van der Waals surface area contributed by atoms with E-state index >= 15 is 0 Å². The molecule has 2 nitrogen and oxygen atoms in total. The molecule has 0 aromatic carbocycles. The Balaban J connectivity index is 2.57. The van der Waals surface area contributed by atoms with Crippen molar-refractivity contribution in [2.24, 2.45) is 5.92 Å². The van der Waals surface area contributed by atoms with E-state index < -0.39 is 10.7 Å². The average molecular weight is 230 g/mol. The molecule has 3 heteroatoms. The van der Waals surface area contributed by atoms with Crippen molar-refractivity contribution >= 4 is 17.7 Å². The van der Waals surface area contributed by atoms with Crippen molar-refractivity contribution in [3.05, 3.63) is 0 Å². The molecule has 1 aliphatic carbocycles. The van der Waals surface area contributed by atoms with Crippen LogP contribution in [0.2, 0.25) is 0 Å². The number of hydrogen-bond donors (Lipinski definition) is 1. The predicted molar refractivity (Wildman–Crippen MR) is 65.4 cm³/mol. The summed E-state index contributed by atoms with van der Waals surface area (Å²) in [6, 6.07) is 0. The summed E-state index contributed by atoms with van der Waals surface area (Å²) in [5, 5.41) is 9.39. The molecule has 15 heavy (non-hydrogen) atoms. The monoisotopic (exact) mass is 230 g/mol. The normalized spacial score (nSPS) is 31.5. The lowest BCUT2D eigenvalue weighted by Crippen LogP contribution is -2.40. The van der Waals surface area contributed by atoms with Gasteiger partial charge >= 0.3 is 5.97 Å². The van der Waals surface area contributed by atoms with Crippen LogP contribution in [-0.4, -0.2) is 21.6 Å². The second kappa shape index (κ2) is 5.78. The predicted octanol–water partition coefficient (Wildman–Crippen LogP) is 3.55. The highest BCUT2D eigenvalue weighted by Crippen LogP contribution is 2.42. The van der Waals surface area contributed by atoms with Crippen LogP contribution in [0.3, 0.4) is 0 Å². The van der Waals surface area contributed by atoms with Crippen LogP contribution in [0.15, 0.2) is 0 Å². The van der Waals surface area contributed by atoms with Gasteiger partial charge in [-0.15, -0.1) is 11.8 Å². The summed E-state index contributed by atoms with van der Waals surface area (Å²) < 4.78 is -0.465. The maximum atomic E-state index is 11.4. The minimum atomic E-state index is -0.588. The van der Waals surface area contributed by atoms with Crippen molar-refractivity contribution in [3.8, 4) is 0 Å². The first kappa shape index (κ1) is 12.9. The van der Waals surface area contributed by atoms with Crippen LogP contribution >= 0.6 is 11.8 Å². The van der Waals surface area contributed by atoms with Crippen LogP contribution in [0.5, 0.6) is 0 Å². The van der Waals surface area contributed by atoms with Crippen molar-refractivity contribution in [1.29, 1.82) is 0 Å². The van der Waals surface area contributed by atoms with E-state index in [0.717, 1.165) is 37.9 Å². The molecule has 0 amide bonds. The molecule has 1 N–H and O–H groups in total. The summed E-state index contributed by atoms with van der Waals surface area (Å²) in [6.45, 7) is 4.33. The number of aliphatic carboxylic acids is 1. The summed E-state index contributed by atoms with van der Waals surface area (Å²) in [7, 11) is 0. The summed E-state index contributed by atoms with van der Waals surface area (Å²) in [5.41, 5.74) is 0. The van der Waals surface area contributed by atoms with Crippen LogP contribution in [0.4, 0.5) is 0 Å². The van der Waals surface area contributed by atoms with Gasteiger partial charge in [-0.25, -0.2) is 0 Å². The van der Waals surface area contributed by atoms with Gasteiger partial charge < -0.3 is 5.11 Å². The number of hydrogen-bond acceptors (Lipinski definition) is 2. The first-order valence-corrected chi connectivity index (χ1v) is 6.96. The molecular formula is C12H22O2S. The number of thioether (sulfide) groups is 1. The second-order valence-electron chi connectivity index (χ2n) is 4.70. The molecule has 1 fully saturated rings. The topological polar surface area (TPSA) is 37.3 Å². The van der Waals surface area contributed by atoms with E-state index in [9.17, 15) is 9.90 Å². The fourth-order valence-electron chi connectivity index (χ4n) is 2.30. The molecule has 0 spiro atoms. The number of unbranched alkanes of at least 4 members (excludes halogenated alkanes) is 1.